The maximum Gasteiger partial charge on any atom is 0.230 e. The summed E-state index contributed by atoms with van der Waals surface area (Å²) in [5, 5.41) is 13.8. The summed E-state index contributed by atoms with van der Waals surface area (Å²) in [5.74, 6) is -0.0348. The lowest BCUT2D eigenvalue weighted by Crippen LogP contribution is -2.15. The number of benzene rings is 1. The summed E-state index contributed by atoms with van der Waals surface area (Å²) in [4.78, 5) is 16.1. The van der Waals surface area contributed by atoms with E-state index in [1.54, 1.807) is 18.3 Å². The third kappa shape index (κ3) is 2.49. The summed E-state index contributed by atoms with van der Waals surface area (Å²) in [6, 6.07) is 7.57. The molecule has 1 saturated carbocycles. The van der Waals surface area contributed by atoms with Gasteiger partial charge in [0, 0.05) is 16.1 Å². The first-order valence-corrected chi connectivity index (χ1v) is 7.21. The average Bonchev–Trinajstić information content (AvgIpc) is 3.17. The van der Waals surface area contributed by atoms with Crippen LogP contribution in [0.4, 0.5) is 5.82 Å². The molecular weight excluding hydrogens is 342 g/mol. The van der Waals surface area contributed by atoms with Crippen LogP contribution in [0.25, 0.3) is 10.8 Å². The molecule has 4 nitrogen and oxygen atoms in total. The zero-order valence-electron chi connectivity index (χ0n) is 10.2. The van der Waals surface area contributed by atoms with Crippen molar-refractivity contribution >= 4 is 50.0 Å². The van der Waals surface area contributed by atoms with E-state index in [2.05, 4.69) is 32.3 Å². The number of nitriles is 1. The molecule has 1 aliphatic rings. The third-order valence-electron chi connectivity index (χ3n) is 3.30. The Labute approximate surface area is 128 Å². The number of hydrogen-bond donors (Lipinski definition) is 1. The number of rotatable bonds is 2. The lowest BCUT2D eigenvalue weighted by Gasteiger charge is -2.06. The summed E-state index contributed by atoms with van der Waals surface area (Å²) < 4.78 is 0.866. The third-order valence-corrected chi connectivity index (χ3v) is 4.07. The highest BCUT2D eigenvalue weighted by molar-refractivity contribution is 9.10. The highest BCUT2D eigenvalue weighted by Gasteiger charge is 2.43. The van der Waals surface area contributed by atoms with Crippen molar-refractivity contribution in [3.05, 3.63) is 33.9 Å². The first kappa shape index (κ1) is 13.3. The van der Waals surface area contributed by atoms with Crippen LogP contribution >= 0.6 is 27.5 Å². The van der Waals surface area contributed by atoms with E-state index < -0.39 is 0 Å². The van der Waals surface area contributed by atoms with Crippen molar-refractivity contribution in [3.8, 4) is 6.07 Å². The second-order valence-electron chi connectivity index (χ2n) is 4.75. The Morgan fingerprint density at radius 2 is 2.30 bits per heavy atom. The summed E-state index contributed by atoms with van der Waals surface area (Å²) >= 11 is 9.51. The zero-order valence-corrected chi connectivity index (χ0v) is 12.6. The van der Waals surface area contributed by atoms with Crippen molar-refractivity contribution in [1.29, 1.82) is 5.26 Å². The highest BCUT2D eigenvalue weighted by Crippen LogP contribution is 2.38. The van der Waals surface area contributed by atoms with Crippen molar-refractivity contribution in [3.63, 3.8) is 0 Å². The summed E-state index contributed by atoms with van der Waals surface area (Å²) in [5.41, 5.74) is 0. The molecule has 1 aromatic heterocycles. The van der Waals surface area contributed by atoms with E-state index in [0.29, 0.717) is 17.3 Å². The van der Waals surface area contributed by atoms with E-state index in [-0.39, 0.29) is 17.7 Å². The van der Waals surface area contributed by atoms with Gasteiger partial charge in [-0.2, -0.15) is 5.26 Å². The van der Waals surface area contributed by atoms with Crippen LogP contribution in [-0.2, 0) is 4.79 Å². The van der Waals surface area contributed by atoms with Crippen molar-refractivity contribution < 1.29 is 4.79 Å². The molecule has 0 spiro atoms. The van der Waals surface area contributed by atoms with Gasteiger partial charge in [-0.25, -0.2) is 4.98 Å². The number of nitrogens with one attached hydrogen (secondary N) is 1. The van der Waals surface area contributed by atoms with Crippen LogP contribution in [-0.4, -0.2) is 10.9 Å². The molecule has 2 aromatic rings. The lowest BCUT2D eigenvalue weighted by molar-refractivity contribution is -0.117. The van der Waals surface area contributed by atoms with Gasteiger partial charge in [-0.05, 0) is 30.0 Å². The molecule has 0 saturated heterocycles. The maximum absolute atomic E-state index is 11.9. The van der Waals surface area contributed by atoms with Gasteiger partial charge >= 0.3 is 0 Å². The fourth-order valence-electron chi connectivity index (χ4n) is 2.09. The fraction of sp³-hybridized carbons (Fsp3) is 0.214. The van der Waals surface area contributed by atoms with Crippen LogP contribution in [0, 0.1) is 23.2 Å². The van der Waals surface area contributed by atoms with Crippen molar-refractivity contribution in [1.82, 2.24) is 4.98 Å². The fourth-order valence-corrected chi connectivity index (χ4v) is 2.98. The van der Waals surface area contributed by atoms with Crippen molar-refractivity contribution in [2.45, 2.75) is 6.42 Å². The molecule has 0 aliphatic heterocycles. The van der Waals surface area contributed by atoms with Gasteiger partial charge in [0.15, 0.2) is 0 Å². The Morgan fingerprint density at radius 3 is 3.00 bits per heavy atom. The second kappa shape index (κ2) is 5.04. The van der Waals surface area contributed by atoms with E-state index in [4.69, 9.17) is 16.9 Å². The first-order valence-electron chi connectivity index (χ1n) is 6.04. The smallest absolute Gasteiger partial charge is 0.230 e. The number of hydrogen-bond acceptors (Lipinski definition) is 3. The number of anilines is 1. The number of halogens is 2. The van der Waals surface area contributed by atoms with Crippen molar-refractivity contribution in [2.75, 3.05) is 5.32 Å². The van der Waals surface area contributed by atoms with Gasteiger partial charge in [0.25, 0.3) is 0 Å². The molecule has 2 atom stereocenters. The molecule has 1 heterocycles. The molecule has 0 bridgehead atoms. The molecule has 100 valence electrons. The molecule has 1 N–H and O–H groups in total. The van der Waals surface area contributed by atoms with Crippen LogP contribution in [0.2, 0.25) is 5.02 Å². The Morgan fingerprint density at radius 1 is 1.50 bits per heavy atom. The lowest BCUT2D eigenvalue weighted by atomic mass is 10.2. The topological polar surface area (TPSA) is 65.8 Å². The van der Waals surface area contributed by atoms with Gasteiger partial charge < -0.3 is 5.32 Å². The Hall–Kier alpha value is -1.64. The minimum atomic E-state index is -0.205. The summed E-state index contributed by atoms with van der Waals surface area (Å²) in [6.07, 6.45) is 2.27. The molecule has 20 heavy (non-hydrogen) atoms. The molecule has 1 aliphatic carbocycles. The number of pyridine rings is 1. The predicted molar refractivity (Wildman–Crippen MR) is 80.3 cm³/mol. The number of nitrogens with zero attached hydrogens (tertiary/aromatic N) is 2. The van der Waals surface area contributed by atoms with E-state index in [0.717, 1.165) is 15.2 Å². The SMILES string of the molecule is N#C[C@H]1C[C@@H]1C(=O)Nc1cc2cc(Br)cc(Cl)c2cn1. The van der Waals surface area contributed by atoms with Gasteiger partial charge in [0.2, 0.25) is 5.91 Å². The zero-order chi connectivity index (χ0) is 14.3. The van der Waals surface area contributed by atoms with Crippen LogP contribution < -0.4 is 5.32 Å². The quantitative estimate of drug-likeness (QED) is 0.897. The molecule has 1 aromatic carbocycles. The van der Waals surface area contributed by atoms with Gasteiger partial charge in [0.1, 0.15) is 5.82 Å². The molecule has 0 radical (unpaired) electrons. The molecular formula is C14H9BrClN3O. The van der Waals surface area contributed by atoms with E-state index in [1.165, 1.54) is 0 Å². The van der Waals surface area contributed by atoms with Gasteiger partial charge in [0.05, 0.1) is 22.9 Å². The molecule has 3 rings (SSSR count). The number of amides is 1. The van der Waals surface area contributed by atoms with Crippen LogP contribution in [0.3, 0.4) is 0 Å². The van der Waals surface area contributed by atoms with Crippen LogP contribution in [0.15, 0.2) is 28.9 Å². The monoisotopic (exact) mass is 349 g/mol. The minimum absolute atomic E-state index is 0.149. The summed E-state index contributed by atoms with van der Waals surface area (Å²) in [6.45, 7) is 0. The average molecular weight is 351 g/mol. The molecule has 0 unspecified atom stereocenters. The first-order chi connectivity index (χ1) is 9.58. The number of fused-ring (bicyclic) bond motifs is 1. The van der Waals surface area contributed by atoms with E-state index in [1.807, 2.05) is 6.07 Å². The standard InChI is InChI=1S/C14H9BrClN3O/c15-9-1-7-3-13(18-6-11(7)12(16)4-9)19-14(20)10-2-8(10)5-17/h1,3-4,6,8,10H,2H2,(H,18,19,20)/t8-,10+/m1/s1. The Bertz CT molecular complexity index is 756. The minimum Gasteiger partial charge on any atom is -0.310 e. The van der Waals surface area contributed by atoms with Crippen LogP contribution in [0.1, 0.15) is 6.42 Å². The Kier molecular flexibility index (Phi) is 3.36. The van der Waals surface area contributed by atoms with Crippen molar-refractivity contribution in [2.24, 2.45) is 11.8 Å². The number of carbonyl (C=O) groups excluding carboxylic acids is 1. The van der Waals surface area contributed by atoms with E-state index >= 15 is 0 Å². The maximum atomic E-state index is 11.9. The van der Waals surface area contributed by atoms with E-state index in [9.17, 15) is 4.79 Å². The highest BCUT2D eigenvalue weighted by atomic mass is 79.9. The Balaban J connectivity index is 1.86. The van der Waals surface area contributed by atoms with Gasteiger partial charge in [-0.1, -0.05) is 27.5 Å². The largest absolute Gasteiger partial charge is 0.310 e. The molecule has 1 fully saturated rings. The number of aromatic nitrogens is 1. The van der Waals surface area contributed by atoms with Crippen LogP contribution in [0.5, 0.6) is 0 Å². The molecule has 6 heteroatoms. The predicted octanol–water partition coefficient (Wildman–Crippen LogP) is 3.75. The second-order valence-corrected chi connectivity index (χ2v) is 6.07. The van der Waals surface area contributed by atoms with Gasteiger partial charge in [-0.3, -0.25) is 4.79 Å². The molecule has 1 amide bonds. The normalized spacial score (nSPS) is 20.4. The summed E-state index contributed by atoms with van der Waals surface area (Å²) in [7, 11) is 0. The van der Waals surface area contributed by atoms with Gasteiger partial charge in [-0.15, -0.1) is 0 Å². The number of carbonyl (C=O) groups is 1.